The summed E-state index contributed by atoms with van der Waals surface area (Å²) in [6, 6.07) is -3.97. The van der Waals surface area contributed by atoms with Gasteiger partial charge in [-0.05, 0) is 12.3 Å². The maximum Gasteiger partial charge on any atom is 0.326 e. The minimum Gasteiger partial charge on any atom is -0.481 e. The van der Waals surface area contributed by atoms with Crippen LogP contribution in [0.25, 0.3) is 0 Å². The smallest absolute Gasteiger partial charge is 0.326 e. The zero-order valence-electron chi connectivity index (χ0n) is 15.1. The van der Waals surface area contributed by atoms with Crippen molar-refractivity contribution in [3.8, 4) is 0 Å². The first-order valence-electron chi connectivity index (χ1n) is 8.16. The molecule has 0 heterocycles. The average Bonchev–Trinajstić information content (AvgIpc) is 2.56. The van der Waals surface area contributed by atoms with Gasteiger partial charge in [0, 0.05) is 0 Å². The Morgan fingerprint density at radius 2 is 1.56 bits per heavy atom. The predicted octanol–water partition coefficient (Wildman–Crippen LogP) is -3.00. The monoisotopic (exact) mass is 390 g/mol. The number of aliphatic hydroxyl groups excluding tert-OH is 1. The van der Waals surface area contributed by atoms with Crippen LogP contribution in [0.2, 0.25) is 0 Å². The fourth-order valence-corrected chi connectivity index (χ4v) is 1.98. The standard InChI is InChI=1S/C15H26N4O8/c1-7(2)3-9(14(25)19-10(15(26)27)4-12(22)23)18-11(21)5-17-13(24)8(16)6-20/h7-10,20H,3-6,16H2,1-2H3,(H,17,24)(H,18,21)(H,19,25)(H,22,23)(H,26,27). The number of carboxylic acids is 2. The van der Waals surface area contributed by atoms with Gasteiger partial charge in [0.05, 0.1) is 19.6 Å². The highest BCUT2D eigenvalue weighted by atomic mass is 16.4. The fourth-order valence-electron chi connectivity index (χ4n) is 1.98. The molecule has 0 bridgehead atoms. The number of rotatable bonds is 12. The molecule has 154 valence electrons. The molecule has 0 radical (unpaired) electrons. The summed E-state index contributed by atoms with van der Waals surface area (Å²) in [7, 11) is 0. The highest BCUT2D eigenvalue weighted by Gasteiger charge is 2.28. The maximum atomic E-state index is 12.3. The molecule has 0 aliphatic carbocycles. The minimum atomic E-state index is -1.65. The van der Waals surface area contributed by atoms with E-state index >= 15 is 0 Å². The highest BCUT2D eigenvalue weighted by Crippen LogP contribution is 2.06. The quantitative estimate of drug-likeness (QED) is 0.181. The number of carboxylic acid groups (broad SMARTS) is 2. The Morgan fingerprint density at radius 1 is 0.963 bits per heavy atom. The molecule has 0 spiro atoms. The molecule has 0 rings (SSSR count). The lowest BCUT2D eigenvalue weighted by molar-refractivity contribution is -0.147. The summed E-state index contributed by atoms with van der Waals surface area (Å²) in [5.74, 6) is -5.34. The van der Waals surface area contributed by atoms with Gasteiger partial charge in [-0.1, -0.05) is 13.8 Å². The molecule has 0 aliphatic rings. The van der Waals surface area contributed by atoms with E-state index in [-0.39, 0.29) is 12.3 Å². The second-order valence-corrected chi connectivity index (χ2v) is 6.25. The molecular formula is C15H26N4O8. The Bertz CT molecular complexity index is 566. The van der Waals surface area contributed by atoms with Crippen molar-refractivity contribution in [2.45, 2.75) is 44.8 Å². The minimum absolute atomic E-state index is 0.0544. The van der Waals surface area contributed by atoms with Gasteiger partial charge < -0.3 is 37.0 Å². The van der Waals surface area contributed by atoms with Crippen LogP contribution >= 0.6 is 0 Å². The van der Waals surface area contributed by atoms with E-state index in [4.69, 9.17) is 21.1 Å². The van der Waals surface area contributed by atoms with Gasteiger partial charge in [0.25, 0.3) is 0 Å². The van der Waals surface area contributed by atoms with Gasteiger partial charge in [0.1, 0.15) is 18.1 Å². The second kappa shape index (κ2) is 11.8. The summed E-state index contributed by atoms with van der Waals surface area (Å²) in [6.07, 6.45) is -0.667. The van der Waals surface area contributed by atoms with E-state index in [2.05, 4.69) is 16.0 Å². The summed E-state index contributed by atoms with van der Waals surface area (Å²) in [5, 5.41) is 33.1. The van der Waals surface area contributed by atoms with Crippen LogP contribution < -0.4 is 21.7 Å². The lowest BCUT2D eigenvalue weighted by Gasteiger charge is -2.22. The Hall–Kier alpha value is -2.73. The van der Waals surface area contributed by atoms with Gasteiger partial charge >= 0.3 is 11.9 Å². The first-order chi connectivity index (χ1) is 12.5. The van der Waals surface area contributed by atoms with Crippen molar-refractivity contribution in [1.82, 2.24) is 16.0 Å². The van der Waals surface area contributed by atoms with Crippen molar-refractivity contribution in [3.05, 3.63) is 0 Å². The molecule has 0 aromatic carbocycles. The SMILES string of the molecule is CC(C)CC(NC(=O)CNC(=O)C(N)CO)C(=O)NC(CC(=O)O)C(=O)O. The third-order valence-electron chi connectivity index (χ3n) is 3.31. The third-order valence-corrected chi connectivity index (χ3v) is 3.31. The molecule has 8 N–H and O–H groups in total. The molecule has 12 nitrogen and oxygen atoms in total. The normalized spacial score (nSPS) is 14.0. The third kappa shape index (κ3) is 10.1. The Labute approximate surface area is 155 Å². The zero-order chi connectivity index (χ0) is 21.1. The lowest BCUT2D eigenvalue weighted by Crippen LogP contribution is -2.54. The van der Waals surface area contributed by atoms with E-state index in [0.717, 1.165) is 0 Å². The Morgan fingerprint density at radius 3 is 2.00 bits per heavy atom. The summed E-state index contributed by atoms with van der Waals surface area (Å²) in [5.41, 5.74) is 5.28. The Balaban J connectivity index is 4.92. The molecule has 0 fully saturated rings. The van der Waals surface area contributed by atoms with Crippen LogP contribution in [0.1, 0.15) is 26.7 Å². The predicted molar refractivity (Wildman–Crippen MR) is 91.3 cm³/mol. The molecule has 27 heavy (non-hydrogen) atoms. The van der Waals surface area contributed by atoms with E-state index in [1.165, 1.54) is 0 Å². The number of aliphatic hydroxyl groups is 1. The van der Waals surface area contributed by atoms with Gasteiger partial charge in [0.2, 0.25) is 17.7 Å². The molecule has 0 aliphatic heterocycles. The molecule has 3 amide bonds. The van der Waals surface area contributed by atoms with Gasteiger partial charge in [-0.3, -0.25) is 19.2 Å². The van der Waals surface area contributed by atoms with Gasteiger partial charge in [-0.15, -0.1) is 0 Å². The first kappa shape index (κ1) is 24.3. The maximum absolute atomic E-state index is 12.3. The van der Waals surface area contributed by atoms with Crippen LogP contribution in [-0.4, -0.2) is 76.3 Å². The highest BCUT2D eigenvalue weighted by molar-refractivity contribution is 5.93. The number of amides is 3. The molecular weight excluding hydrogens is 364 g/mol. The topological polar surface area (TPSA) is 208 Å². The number of aliphatic carboxylic acids is 2. The number of hydrogen-bond donors (Lipinski definition) is 7. The van der Waals surface area contributed by atoms with E-state index in [1.54, 1.807) is 13.8 Å². The average molecular weight is 390 g/mol. The number of nitrogens with one attached hydrogen (secondary N) is 3. The summed E-state index contributed by atoms with van der Waals surface area (Å²) < 4.78 is 0. The molecule has 3 unspecified atom stereocenters. The largest absolute Gasteiger partial charge is 0.481 e. The van der Waals surface area contributed by atoms with E-state index in [9.17, 15) is 24.0 Å². The lowest BCUT2D eigenvalue weighted by atomic mass is 10.0. The number of carbonyl (C=O) groups excluding carboxylic acids is 3. The van der Waals surface area contributed by atoms with Crippen molar-refractivity contribution in [2.75, 3.05) is 13.2 Å². The van der Waals surface area contributed by atoms with Crippen LogP contribution in [0.5, 0.6) is 0 Å². The second-order valence-electron chi connectivity index (χ2n) is 6.25. The molecule has 0 aromatic heterocycles. The van der Waals surface area contributed by atoms with Crippen molar-refractivity contribution in [1.29, 1.82) is 0 Å². The van der Waals surface area contributed by atoms with Gasteiger partial charge in [-0.2, -0.15) is 0 Å². The van der Waals surface area contributed by atoms with Crippen molar-refractivity contribution in [2.24, 2.45) is 11.7 Å². The van der Waals surface area contributed by atoms with Gasteiger partial charge in [0.15, 0.2) is 0 Å². The van der Waals surface area contributed by atoms with E-state index in [1.807, 2.05) is 0 Å². The fraction of sp³-hybridized carbons (Fsp3) is 0.667. The summed E-state index contributed by atoms with van der Waals surface area (Å²) in [4.78, 5) is 57.4. The summed E-state index contributed by atoms with van der Waals surface area (Å²) in [6.45, 7) is 2.42. The number of carbonyl (C=O) groups is 5. The van der Waals surface area contributed by atoms with Crippen molar-refractivity contribution in [3.63, 3.8) is 0 Å². The molecule has 0 saturated heterocycles. The van der Waals surface area contributed by atoms with Crippen LogP contribution in [0.15, 0.2) is 0 Å². The van der Waals surface area contributed by atoms with Crippen LogP contribution in [-0.2, 0) is 24.0 Å². The first-order valence-corrected chi connectivity index (χ1v) is 8.16. The molecule has 0 saturated carbocycles. The summed E-state index contributed by atoms with van der Waals surface area (Å²) >= 11 is 0. The van der Waals surface area contributed by atoms with Crippen molar-refractivity contribution < 1.29 is 39.3 Å². The van der Waals surface area contributed by atoms with Crippen LogP contribution in [0.3, 0.4) is 0 Å². The van der Waals surface area contributed by atoms with Gasteiger partial charge in [-0.25, -0.2) is 4.79 Å². The molecule has 0 aromatic rings. The van der Waals surface area contributed by atoms with Crippen LogP contribution in [0, 0.1) is 5.92 Å². The van der Waals surface area contributed by atoms with Crippen molar-refractivity contribution >= 4 is 29.7 Å². The Kier molecular flexibility index (Phi) is 10.6. The zero-order valence-corrected chi connectivity index (χ0v) is 15.1. The number of hydrogen-bond acceptors (Lipinski definition) is 7. The molecule has 12 heteroatoms. The van der Waals surface area contributed by atoms with Crippen LogP contribution in [0.4, 0.5) is 0 Å². The van der Waals surface area contributed by atoms with E-state index in [0.29, 0.717) is 0 Å². The molecule has 3 atom stereocenters. The van der Waals surface area contributed by atoms with E-state index < -0.39 is 67.4 Å². The number of nitrogens with two attached hydrogens (primary N) is 1.